The number of benzene rings is 1. The van der Waals surface area contributed by atoms with E-state index in [-0.39, 0.29) is 5.91 Å². The van der Waals surface area contributed by atoms with E-state index in [1.165, 1.54) is 11.3 Å². The van der Waals surface area contributed by atoms with Gasteiger partial charge in [-0.2, -0.15) is 0 Å². The van der Waals surface area contributed by atoms with Crippen molar-refractivity contribution in [2.75, 3.05) is 24.5 Å². The smallest absolute Gasteiger partial charge is 0.272 e. The highest BCUT2D eigenvalue weighted by molar-refractivity contribution is 5.92. The zero-order valence-electron chi connectivity index (χ0n) is 14.5. The lowest BCUT2D eigenvalue weighted by Crippen LogP contribution is -2.33. The lowest BCUT2D eigenvalue weighted by Gasteiger charge is -2.22. The third kappa shape index (κ3) is 3.28. The number of anilines is 2. The first-order valence-electron chi connectivity index (χ1n) is 8.85. The molecule has 1 aromatic carbocycles. The van der Waals surface area contributed by atoms with Gasteiger partial charge in [-0.25, -0.2) is 4.98 Å². The summed E-state index contributed by atoms with van der Waals surface area (Å²) < 4.78 is 0. The molecule has 0 fully saturated rings. The van der Waals surface area contributed by atoms with Crippen molar-refractivity contribution in [1.82, 2.24) is 9.88 Å². The molecule has 1 aromatic heterocycles. The Kier molecular flexibility index (Phi) is 5.14. The average molecular weight is 323 g/mol. The third-order valence-corrected chi connectivity index (χ3v) is 4.44. The maximum atomic E-state index is 12.6. The quantitative estimate of drug-likeness (QED) is 0.805. The molecule has 24 heavy (non-hydrogen) atoms. The van der Waals surface area contributed by atoms with Gasteiger partial charge < -0.3 is 9.80 Å². The summed E-state index contributed by atoms with van der Waals surface area (Å²) in [6, 6.07) is 12.3. The second-order valence-electron chi connectivity index (χ2n) is 6.22. The Balaban J connectivity index is 1.77. The Morgan fingerprint density at radius 3 is 2.54 bits per heavy atom. The fraction of sp³-hybridized carbons (Fsp3) is 0.400. The summed E-state index contributed by atoms with van der Waals surface area (Å²) in [6.07, 6.45) is 4.81. The molecule has 126 valence electrons. The minimum absolute atomic E-state index is 0.0343. The van der Waals surface area contributed by atoms with Crippen molar-refractivity contribution < 1.29 is 4.79 Å². The molecule has 1 amide bonds. The minimum atomic E-state index is 0.0343. The highest BCUT2D eigenvalue weighted by atomic mass is 16.2. The van der Waals surface area contributed by atoms with Crippen LogP contribution in [0, 0.1) is 0 Å². The fourth-order valence-electron chi connectivity index (χ4n) is 3.30. The summed E-state index contributed by atoms with van der Waals surface area (Å²) in [5.74, 6) is 0.0343. The number of hydrogen-bond donors (Lipinski definition) is 0. The second kappa shape index (κ2) is 7.47. The van der Waals surface area contributed by atoms with E-state index in [9.17, 15) is 4.79 Å². The highest BCUT2D eigenvalue weighted by Gasteiger charge is 2.21. The molecule has 0 saturated carbocycles. The van der Waals surface area contributed by atoms with Gasteiger partial charge in [0, 0.05) is 25.3 Å². The summed E-state index contributed by atoms with van der Waals surface area (Å²) in [5.41, 5.74) is 4.20. The van der Waals surface area contributed by atoms with E-state index in [0.29, 0.717) is 5.69 Å². The standard InChI is InChI=1S/C20H25N3O/c1-3-12-22(13-4-2)20(24)18-10-9-17(15-21-18)23-14-11-16-7-5-6-8-19(16)23/h5-10,15H,3-4,11-14H2,1-2H3. The van der Waals surface area contributed by atoms with Gasteiger partial charge in [-0.05, 0) is 43.0 Å². The van der Waals surface area contributed by atoms with Crippen LogP contribution in [0.1, 0.15) is 42.7 Å². The summed E-state index contributed by atoms with van der Waals surface area (Å²) >= 11 is 0. The molecule has 4 nitrogen and oxygen atoms in total. The zero-order chi connectivity index (χ0) is 16.9. The van der Waals surface area contributed by atoms with Gasteiger partial charge in [0.25, 0.3) is 5.91 Å². The first kappa shape index (κ1) is 16.5. The number of nitrogens with zero attached hydrogens (tertiary/aromatic N) is 3. The molecule has 3 rings (SSSR count). The van der Waals surface area contributed by atoms with Gasteiger partial charge in [0.1, 0.15) is 5.69 Å². The topological polar surface area (TPSA) is 36.4 Å². The molecule has 1 aliphatic heterocycles. The third-order valence-electron chi connectivity index (χ3n) is 4.44. The Hall–Kier alpha value is -2.36. The van der Waals surface area contributed by atoms with Gasteiger partial charge >= 0.3 is 0 Å². The number of pyridine rings is 1. The molecular weight excluding hydrogens is 298 g/mol. The Morgan fingerprint density at radius 1 is 1.12 bits per heavy atom. The van der Waals surface area contributed by atoms with Crippen molar-refractivity contribution in [3.63, 3.8) is 0 Å². The zero-order valence-corrected chi connectivity index (χ0v) is 14.5. The summed E-state index contributed by atoms with van der Waals surface area (Å²) in [6.45, 7) is 6.73. The maximum absolute atomic E-state index is 12.6. The molecule has 1 aliphatic rings. The number of aromatic nitrogens is 1. The summed E-state index contributed by atoms with van der Waals surface area (Å²) in [5, 5.41) is 0. The second-order valence-corrected chi connectivity index (χ2v) is 6.22. The van der Waals surface area contributed by atoms with E-state index in [4.69, 9.17) is 0 Å². The van der Waals surface area contributed by atoms with Gasteiger partial charge in [-0.15, -0.1) is 0 Å². The number of hydrogen-bond acceptors (Lipinski definition) is 3. The van der Waals surface area contributed by atoms with Crippen molar-refractivity contribution in [1.29, 1.82) is 0 Å². The normalized spacial score (nSPS) is 13.0. The largest absolute Gasteiger partial charge is 0.340 e. The first-order valence-corrected chi connectivity index (χ1v) is 8.85. The summed E-state index contributed by atoms with van der Waals surface area (Å²) in [4.78, 5) is 21.2. The van der Waals surface area contributed by atoms with Crippen molar-refractivity contribution >= 4 is 17.3 Å². The molecule has 2 aromatic rings. The molecule has 0 bridgehead atoms. The fourth-order valence-corrected chi connectivity index (χ4v) is 3.30. The Bertz CT molecular complexity index is 690. The number of para-hydroxylation sites is 1. The summed E-state index contributed by atoms with van der Waals surface area (Å²) in [7, 11) is 0. The molecule has 0 N–H and O–H groups in total. The molecule has 0 saturated heterocycles. The van der Waals surface area contributed by atoms with Crippen molar-refractivity contribution in [3.05, 3.63) is 53.9 Å². The van der Waals surface area contributed by atoms with Crippen LogP contribution in [-0.2, 0) is 6.42 Å². The first-order chi connectivity index (χ1) is 11.7. The van der Waals surface area contributed by atoms with Crippen molar-refractivity contribution in [2.45, 2.75) is 33.1 Å². The van der Waals surface area contributed by atoms with Crippen LogP contribution in [0.15, 0.2) is 42.6 Å². The molecule has 4 heteroatoms. The van der Waals surface area contributed by atoms with Crippen LogP contribution in [0.4, 0.5) is 11.4 Å². The minimum Gasteiger partial charge on any atom is -0.340 e. The van der Waals surface area contributed by atoms with Crippen LogP contribution >= 0.6 is 0 Å². The van der Waals surface area contributed by atoms with E-state index in [1.807, 2.05) is 23.2 Å². The van der Waals surface area contributed by atoms with Gasteiger partial charge in [-0.1, -0.05) is 32.0 Å². The van der Waals surface area contributed by atoms with Gasteiger partial charge in [0.2, 0.25) is 0 Å². The highest BCUT2D eigenvalue weighted by Crippen LogP contribution is 2.33. The molecule has 0 aliphatic carbocycles. The SMILES string of the molecule is CCCN(CCC)C(=O)c1ccc(N2CCc3ccccc32)cn1. The van der Waals surface area contributed by atoms with Crippen LogP contribution in [0.5, 0.6) is 0 Å². The number of amides is 1. The molecular formula is C20H25N3O. The van der Waals surface area contributed by atoms with Crippen molar-refractivity contribution in [3.8, 4) is 0 Å². The lowest BCUT2D eigenvalue weighted by molar-refractivity contribution is 0.0749. The van der Waals surface area contributed by atoms with Crippen LogP contribution in [0.3, 0.4) is 0 Å². The van der Waals surface area contributed by atoms with Crippen LogP contribution in [0.2, 0.25) is 0 Å². The van der Waals surface area contributed by atoms with Gasteiger partial charge in [0.15, 0.2) is 0 Å². The van der Waals surface area contributed by atoms with Crippen LogP contribution < -0.4 is 4.90 Å². The molecule has 0 atom stereocenters. The number of carbonyl (C=O) groups excluding carboxylic acids is 1. The molecule has 0 unspecified atom stereocenters. The van der Waals surface area contributed by atoms with Gasteiger partial charge in [0.05, 0.1) is 11.9 Å². The van der Waals surface area contributed by atoms with Crippen molar-refractivity contribution in [2.24, 2.45) is 0 Å². The van der Waals surface area contributed by atoms with E-state index < -0.39 is 0 Å². The number of rotatable bonds is 6. The number of fused-ring (bicyclic) bond motifs is 1. The van der Waals surface area contributed by atoms with E-state index in [1.54, 1.807) is 0 Å². The Labute approximate surface area is 144 Å². The average Bonchev–Trinajstić information content (AvgIpc) is 3.05. The molecule has 0 radical (unpaired) electrons. The van der Waals surface area contributed by atoms with E-state index in [2.05, 4.69) is 48.0 Å². The predicted molar refractivity (Wildman–Crippen MR) is 97.9 cm³/mol. The molecule has 2 heterocycles. The van der Waals surface area contributed by atoms with E-state index >= 15 is 0 Å². The lowest BCUT2D eigenvalue weighted by atomic mass is 10.2. The maximum Gasteiger partial charge on any atom is 0.272 e. The monoisotopic (exact) mass is 323 g/mol. The Morgan fingerprint density at radius 2 is 1.88 bits per heavy atom. The van der Waals surface area contributed by atoms with Crippen LogP contribution in [-0.4, -0.2) is 35.4 Å². The molecule has 0 spiro atoms. The predicted octanol–water partition coefficient (Wildman–Crippen LogP) is 4.04. The van der Waals surface area contributed by atoms with Crippen LogP contribution in [0.25, 0.3) is 0 Å². The van der Waals surface area contributed by atoms with Gasteiger partial charge in [-0.3, -0.25) is 4.79 Å². The number of carbonyl (C=O) groups is 1. The van der Waals surface area contributed by atoms with E-state index in [0.717, 1.165) is 44.6 Å².